The third kappa shape index (κ3) is 7.19. The lowest BCUT2D eigenvalue weighted by Gasteiger charge is -2.35. The molecule has 2 atom stereocenters. The molecule has 0 aromatic heterocycles. The first-order valence-electron chi connectivity index (χ1n) is 10.8. The van der Waals surface area contributed by atoms with Crippen molar-refractivity contribution < 1.29 is 9.59 Å². The Balaban J connectivity index is 0.000000826. The van der Waals surface area contributed by atoms with Gasteiger partial charge in [0.05, 0.1) is 12.5 Å². The molecule has 1 amide bonds. The Kier molecular flexibility index (Phi) is 11.9. The molecule has 0 N–H and O–H groups in total. The Hall–Kier alpha value is -2.86. The molecular weight excluding hydrogens is 370 g/mol. The van der Waals surface area contributed by atoms with Gasteiger partial charge in [0, 0.05) is 13.0 Å². The fourth-order valence-electron chi connectivity index (χ4n) is 3.84. The average molecular weight is 406 g/mol. The van der Waals surface area contributed by atoms with E-state index in [9.17, 15) is 9.59 Å². The first kappa shape index (κ1) is 25.2. The van der Waals surface area contributed by atoms with Gasteiger partial charge in [-0.2, -0.15) is 0 Å². The van der Waals surface area contributed by atoms with Gasteiger partial charge in [0.2, 0.25) is 5.91 Å². The van der Waals surface area contributed by atoms with Gasteiger partial charge in [0.15, 0.2) is 0 Å². The number of rotatable bonds is 5. The van der Waals surface area contributed by atoms with E-state index in [2.05, 4.69) is 37.5 Å². The number of amides is 1. The van der Waals surface area contributed by atoms with E-state index in [4.69, 9.17) is 0 Å². The summed E-state index contributed by atoms with van der Waals surface area (Å²) in [6, 6.07) is 18.2. The van der Waals surface area contributed by atoms with Crippen LogP contribution in [-0.4, -0.2) is 23.6 Å². The molecule has 160 valence electrons. The van der Waals surface area contributed by atoms with Crippen LogP contribution in [0.3, 0.4) is 0 Å². The van der Waals surface area contributed by atoms with Crippen molar-refractivity contribution in [2.75, 3.05) is 6.54 Å². The molecular formula is C27H35NO2. The van der Waals surface area contributed by atoms with Crippen molar-refractivity contribution in [1.82, 2.24) is 4.90 Å². The normalized spacial score (nSPS) is 15.6. The minimum Gasteiger partial charge on any atom is -0.335 e. The summed E-state index contributed by atoms with van der Waals surface area (Å²) in [6.07, 6.45) is 8.39. The largest absolute Gasteiger partial charge is 0.335 e. The number of hydrogen-bond acceptors (Lipinski definition) is 2. The second-order valence-electron chi connectivity index (χ2n) is 7.17. The average Bonchev–Trinajstić information content (AvgIpc) is 2.96. The molecule has 1 aliphatic rings. The Bertz CT molecular complexity index is 807. The van der Waals surface area contributed by atoms with Crippen molar-refractivity contribution in [1.29, 1.82) is 0 Å². The Morgan fingerprint density at radius 2 is 1.77 bits per heavy atom. The molecule has 30 heavy (non-hydrogen) atoms. The fourth-order valence-corrected chi connectivity index (χ4v) is 3.84. The molecule has 2 unspecified atom stereocenters. The van der Waals surface area contributed by atoms with E-state index in [1.165, 1.54) is 11.1 Å². The zero-order valence-corrected chi connectivity index (χ0v) is 18.8. The number of terminal acetylenes is 1. The first-order chi connectivity index (χ1) is 14.6. The standard InChI is InChI=1S/C22H25NO2.C3H4.C2H6/c1-17(13-15-24)22-20-12-6-5-10-19(20)11-7-14-23(22)21(25)16-18-8-3-2-4-9-18;1-3-2;1-2/h2-6,8-10,12,15,17,22H,7,11,13-14,16H2,1H3;1H,2H3;1-2H3. The molecule has 3 heteroatoms. The SMILES string of the molecule is C#CC.CC.CC(CC=O)C1c2ccccc2CCCN1C(=O)Cc1ccccc1. The molecule has 1 aliphatic heterocycles. The third-order valence-electron chi connectivity index (χ3n) is 5.08. The lowest BCUT2D eigenvalue weighted by Crippen LogP contribution is -2.39. The Morgan fingerprint density at radius 3 is 2.40 bits per heavy atom. The number of aryl methyl sites for hydroxylation is 1. The predicted molar refractivity (Wildman–Crippen MR) is 125 cm³/mol. The maximum absolute atomic E-state index is 13.1. The number of nitrogens with zero attached hydrogens (tertiary/aromatic N) is 1. The van der Waals surface area contributed by atoms with Crippen LogP contribution in [0.4, 0.5) is 0 Å². The molecule has 2 aromatic rings. The summed E-state index contributed by atoms with van der Waals surface area (Å²) < 4.78 is 0. The highest BCUT2D eigenvalue weighted by Gasteiger charge is 2.32. The first-order valence-corrected chi connectivity index (χ1v) is 10.8. The molecule has 0 saturated heterocycles. The molecule has 2 aromatic carbocycles. The van der Waals surface area contributed by atoms with E-state index in [-0.39, 0.29) is 17.9 Å². The smallest absolute Gasteiger partial charge is 0.227 e. The summed E-state index contributed by atoms with van der Waals surface area (Å²) >= 11 is 0. The van der Waals surface area contributed by atoms with Crippen LogP contribution in [0.15, 0.2) is 54.6 Å². The van der Waals surface area contributed by atoms with Gasteiger partial charge in [0.25, 0.3) is 0 Å². The van der Waals surface area contributed by atoms with Crippen LogP contribution in [0.2, 0.25) is 0 Å². The minimum absolute atomic E-state index is 0.0277. The summed E-state index contributed by atoms with van der Waals surface area (Å²) in [4.78, 5) is 26.2. The summed E-state index contributed by atoms with van der Waals surface area (Å²) in [5.74, 6) is 2.50. The van der Waals surface area contributed by atoms with E-state index in [0.29, 0.717) is 12.8 Å². The summed E-state index contributed by atoms with van der Waals surface area (Å²) in [6.45, 7) is 8.47. The molecule has 0 aliphatic carbocycles. The number of fused-ring (bicyclic) bond motifs is 1. The van der Waals surface area contributed by atoms with Gasteiger partial charge in [-0.25, -0.2) is 0 Å². The number of aldehydes is 1. The van der Waals surface area contributed by atoms with Crippen LogP contribution < -0.4 is 0 Å². The Morgan fingerprint density at radius 1 is 1.17 bits per heavy atom. The second kappa shape index (κ2) is 14.2. The van der Waals surface area contributed by atoms with Crippen molar-refractivity contribution in [3.05, 3.63) is 71.3 Å². The van der Waals surface area contributed by atoms with Crippen LogP contribution in [0.5, 0.6) is 0 Å². The van der Waals surface area contributed by atoms with E-state index in [1.54, 1.807) is 6.92 Å². The molecule has 0 spiro atoms. The lowest BCUT2D eigenvalue weighted by molar-refractivity contribution is -0.134. The molecule has 3 nitrogen and oxygen atoms in total. The van der Waals surface area contributed by atoms with Crippen molar-refractivity contribution in [3.8, 4) is 12.3 Å². The van der Waals surface area contributed by atoms with Gasteiger partial charge in [0.1, 0.15) is 6.29 Å². The third-order valence-corrected chi connectivity index (χ3v) is 5.08. The molecule has 0 radical (unpaired) electrons. The van der Waals surface area contributed by atoms with Gasteiger partial charge >= 0.3 is 0 Å². The van der Waals surface area contributed by atoms with E-state index < -0.39 is 0 Å². The van der Waals surface area contributed by atoms with Gasteiger partial charge in [-0.1, -0.05) is 75.4 Å². The highest BCUT2D eigenvalue weighted by atomic mass is 16.2. The lowest BCUT2D eigenvalue weighted by atomic mass is 9.88. The molecule has 0 saturated carbocycles. The van der Waals surface area contributed by atoms with Gasteiger partial charge in [-0.3, -0.25) is 4.79 Å². The van der Waals surface area contributed by atoms with Gasteiger partial charge in [-0.05, 0) is 42.4 Å². The predicted octanol–water partition coefficient (Wildman–Crippen LogP) is 5.64. The van der Waals surface area contributed by atoms with Crippen molar-refractivity contribution in [3.63, 3.8) is 0 Å². The van der Waals surface area contributed by atoms with E-state index in [1.807, 2.05) is 55.1 Å². The van der Waals surface area contributed by atoms with Crippen LogP contribution in [0.1, 0.15) is 63.3 Å². The second-order valence-corrected chi connectivity index (χ2v) is 7.17. The maximum Gasteiger partial charge on any atom is 0.227 e. The number of hydrogen-bond donors (Lipinski definition) is 0. The fraction of sp³-hybridized carbons (Fsp3) is 0.407. The minimum atomic E-state index is -0.0277. The van der Waals surface area contributed by atoms with Crippen molar-refractivity contribution in [2.45, 2.75) is 59.4 Å². The summed E-state index contributed by atoms with van der Waals surface area (Å²) in [7, 11) is 0. The summed E-state index contributed by atoms with van der Waals surface area (Å²) in [5, 5.41) is 0. The topological polar surface area (TPSA) is 37.4 Å². The van der Waals surface area contributed by atoms with Gasteiger partial charge in [-0.15, -0.1) is 12.3 Å². The zero-order chi connectivity index (χ0) is 22.4. The van der Waals surface area contributed by atoms with Crippen LogP contribution in [-0.2, 0) is 22.4 Å². The zero-order valence-electron chi connectivity index (χ0n) is 18.8. The van der Waals surface area contributed by atoms with Crippen LogP contribution in [0, 0.1) is 18.3 Å². The van der Waals surface area contributed by atoms with Crippen molar-refractivity contribution in [2.24, 2.45) is 5.92 Å². The van der Waals surface area contributed by atoms with Gasteiger partial charge < -0.3 is 9.69 Å². The monoisotopic (exact) mass is 405 g/mol. The van der Waals surface area contributed by atoms with Crippen LogP contribution >= 0.6 is 0 Å². The molecule has 0 bridgehead atoms. The van der Waals surface area contributed by atoms with Crippen LogP contribution in [0.25, 0.3) is 0 Å². The summed E-state index contributed by atoms with van der Waals surface area (Å²) in [5.41, 5.74) is 3.54. The quantitative estimate of drug-likeness (QED) is 0.477. The number of carbonyl (C=O) groups is 2. The maximum atomic E-state index is 13.1. The Labute approximate surface area is 182 Å². The molecule has 1 heterocycles. The van der Waals surface area contributed by atoms with E-state index in [0.717, 1.165) is 31.2 Å². The highest BCUT2D eigenvalue weighted by Crippen LogP contribution is 2.36. The number of benzene rings is 2. The van der Waals surface area contributed by atoms with E-state index >= 15 is 0 Å². The van der Waals surface area contributed by atoms with Crippen molar-refractivity contribution >= 4 is 12.2 Å². The molecule has 3 rings (SSSR count). The molecule has 0 fully saturated rings. The highest BCUT2D eigenvalue weighted by molar-refractivity contribution is 5.79. The number of carbonyl (C=O) groups excluding carboxylic acids is 2.